The van der Waals surface area contributed by atoms with Gasteiger partial charge in [0.1, 0.15) is 35.5 Å². The van der Waals surface area contributed by atoms with Crippen LogP contribution in [0.5, 0.6) is 23.1 Å². The van der Waals surface area contributed by atoms with Gasteiger partial charge in [-0.15, -0.1) is 0 Å². The molecule has 0 bridgehead atoms. The average molecular weight is 699 g/mol. The van der Waals surface area contributed by atoms with Crippen LogP contribution in [0.25, 0.3) is 10.8 Å². The fourth-order valence-electron chi connectivity index (χ4n) is 5.12. The maximum atomic E-state index is 13.0. The molecule has 2 amide bonds. The number of methoxy groups -OCH3 is 2. The number of carbonyl (C=O) groups excluding carboxylic acids is 1. The van der Waals surface area contributed by atoms with Crippen LogP contribution in [0.2, 0.25) is 0 Å². The summed E-state index contributed by atoms with van der Waals surface area (Å²) in [5.41, 5.74) is 2.28. The highest BCUT2D eigenvalue weighted by atomic mass is 16.6. The lowest BCUT2D eigenvalue weighted by atomic mass is 9.92. The Morgan fingerprint density at radius 2 is 1.55 bits per heavy atom. The summed E-state index contributed by atoms with van der Waals surface area (Å²) in [6.07, 6.45) is 2.09. The predicted molar refractivity (Wildman–Crippen MR) is 195 cm³/mol. The number of carbonyl (C=O) groups is 1. The van der Waals surface area contributed by atoms with Gasteiger partial charge in [0.05, 0.1) is 51.5 Å². The molecule has 0 fully saturated rings. The van der Waals surface area contributed by atoms with Gasteiger partial charge in [0.15, 0.2) is 0 Å². The van der Waals surface area contributed by atoms with Crippen molar-refractivity contribution >= 4 is 28.3 Å². The molecule has 0 atom stereocenters. The molecule has 13 nitrogen and oxygen atoms in total. The van der Waals surface area contributed by atoms with Crippen molar-refractivity contribution in [2.75, 3.05) is 64.5 Å². The first kappa shape index (κ1) is 37.0. The minimum atomic E-state index is -0.378. The number of nitrogens with zero attached hydrogens (tertiary/aromatic N) is 4. The van der Waals surface area contributed by atoms with Crippen LogP contribution in [0, 0.1) is 0 Å². The summed E-state index contributed by atoms with van der Waals surface area (Å²) in [5, 5.41) is 12.0. The van der Waals surface area contributed by atoms with Crippen molar-refractivity contribution in [1.82, 2.24) is 19.7 Å². The monoisotopic (exact) mass is 698 g/mol. The van der Waals surface area contributed by atoms with Gasteiger partial charge in [-0.1, -0.05) is 45.0 Å². The van der Waals surface area contributed by atoms with Crippen LogP contribution in [0.3, 0.4) is 0 Å². The molecule has 2 heterocycles. The van der Waals surface area contributed by atoms with Crippen molar-refractivity contribution in [1.29, 1.82) is 0 Å². The van der Waals surface area contributed by atoms with Crippen LogP contribution in [0.15, 0.2) is 72.9 Å². The second-order valence-electron chi connectivity index (χ2n) is 12.7. The van der Waals surface area contributed by atoms with E-state index in [-0.39, 0.29) is 11.4 Å². The molecule has 2 N–H and O–H groups in total. The Morgan fingerprint density at radius 1 is 0.824 bits per heavy atom. The Morgan fingerprint density at radius 3 is 2.27 bits per heavy atom. The summed E-state index contributed by atoms with van der Waals surface area (Å²) >= 11 is 0. The molecule has 270 valence electrons. The third-order valence-corrected chi connectivity index (χ3v) is 7.75. The number of hydrogen-bond donors (Lipinski definition) is 2. The van der Waals surface area contributed by atoms with Gasteiger partial charge < -0.3 is 33.7 Å². The maximum Gasteiger partial charge on any atom is 0.324 e. The maximum absolute atomic E-state index is 13.0. The molecule has 0 aliphatic carbocycles. The van der Waals surface area contributed by atoms with Crippen LogP contribution < -0.4 is 24.8 Å². The second-order valence-corrected chi connectivity index (χ2v) is 12.7. The van der Waals surface area contributed by atoms with Gasteiger partial charge >= 0.3 is 6.03 Å². The zero-order valence-corrected chi connectivity index (χ0v) is 30.0. The molecule has 13 heteroatoms. The van der Waals surface area contributed by atoms with E-state index in [1.54, 1.807) is 38.2 Å². The standard InChI is InChI=1S/C38H46N6O7/c1-38(2,3)33-25-35(44(4)43-33)42-37(45)40-31-11-12-32(30-10-8-7-9-29(30)31)51-36-13-14-39-34(41-36)23-26-21-27(47-6)24-28(22-26)50-20-19-49-18-17-48-16-15-46-5/h7-14,21-22,24-25H,15-20,23H2,1-6H3,(H2,40,42,45). The fourth-order valence-corrected chi connectivity index (χ4v) is 5.12. The van der Waals surface area contributed by atoms with Crippen molar-refractivity contribution in [2.45, 2.75) is 32.6 Å². The minimum Gasteiger partial charge on any atom is -0.497 e. The summed E-state index contributed by atoms with van der Waals surface area (Å²) < 4.78 is 35.3. The Hall–Kier alpha value is -5.24. The molecular formula is C38H46N6O7. The van der Waals surface area contributed by atoms with Gasteiger partial charge in [-0.3, -0.25) is 10.00 Å². The van der Waals surface area contributed by atoms with E-state index in [0.717, 1.165) is 22.0 Å². The predicted octanol–water partition coefficient (Wildman–Crippen LogP) is 6.75. The van der Waals surface area contributed by atoms with Crippen LogP contribution in [-0.4, -0.2) is 79.6 Å². The third-order valence-electron chi connectivity index (χ3n) is 7.75. The Kier molecular flexibility index (Phi) is 12.8. The van der Waals surface area contributed by atoms with Gasteiger partial charge in [-0.25, -0.2) is 9.78 Å². The molecule has 0 saturated carbocycles. The lowest BCUT2D eigenvalue weighted by Gasteiger charge is -2.14. The van der Waals surface area contributed by atoms with Gasteiger partial charge in [-0.2, -0.15) is 10.1 Å². The topological polar surface area (TPSA) is 140 Å². The van der Waals surface area contributed by atoms with E-state index in [1.165, 1.54) is 0 Å². The van der Waals surface area contributed by atoms with E-state index < -0.39 is 0 Å². The van der Waals surface area contributed by atoms with Crippen LogP contribution in [0.1, 0.15) is 37.9 Å². The fraction of sp³-hybridized carbons (Fsp3) is 0.368. The highest BCUT2D eigenvalue weighted by Gasteiger charge is 2.20. The van der Waals surface area contributed by atoms with E-state index in [2.05, 4.69) is 46.5 Å². The minimum absolute atomic E-state index is 0.144. The molecule has 5 rings (SSSR count). The van der Waals surface area contributed by atoms with Gasteiger partial charge in [0, 0.05) is 61.2 Å². The van der Waals surface area contributed by atoms with Crippen molar-refractivity contribution in [2.24, 2.45) is 7.05 Å². The van der Waals surface area contributed by atoms with E-state index in [0.29, 0.717) is 86.5 Å². The van der Waals surface area contributed by atoms with E-state index in [4.69, 9.17) is 28.4 Å². The molecule has 51 heavy (non-hydrogen) atoms. The zero-order valence-electron chi connectivity index (χ0n) is 30.0. The third kappa shape index (κ3) is 10.6. The molecule has 0 aliphatic heterocycles. The van der Waals surface area contributed by atoms with Gasteiger partial charge in [0.2, 0.25) is 5.88 Å². The Balaban J connectivity index is 1.22. The van der Waals surface area contributed by atoms with Gasteiger partial charge in [-0.05, 0) is 29.8 Å². The largest absolute Gasteiger partial charge is 0.497 e. The van der Waals surface area contributed by atoms with E-state index in [9.17, 15) is 4.79 Å². The molecule has 3 aromatic carbocycles. The second kappa shape index (κ2) is 17.6. The number of ether oxygens (including phenoxy) is 6. The first-order valence-corrected chi connectivity index (χ1v) is 16.7. The molecule has 0 saturated heterocycles. The number of benzene rings is 3. The molecule has 0 aliphatic rings. The molecule has 2 aromatic heterocycles. The van der Waals surface area contributed by atoms with Crippen LogP contribution in [0.4, 0.5) is 16.3 Å². The van der Waals surface area contributed by atoms with Crippen molar-refractivity contribution in [3.8, 4) is 23.1 Å². The van der Waals surface area contributed by atoms with Gasteiger partial charge in [0.25, 0.3) is 0 Å². The number of rotatable bonds is 17. The van der Waals surface area contributed by atoms with Crippen molar-refractivity contribution < 1.29 is 33.2 Å². The highest BCUT2D eigenvalue weighted by molar-refractivity contribution is 6.07. The zero-order chi connectivity index (χ0) is 36.2. The SMILES string of the molecule is COCCOCCOCCOc1cc(Cc2nccc(Oc3ccc(NC(=O)Nc4cc(C(C)(C)C)nn4C)c4ccccc34)n2)cc(OC)c1. The van der Waals surface area contributed by atoms with Crippen LogP contribution >= 0.6 is 0 Å². The Bertz CT molecular complexity index is 1910. The van der Waals surface area contributed by atoms with Crippen molar-refractivity contribution in [3.63, 3.8) is 0 Å². The highest BCUT2D eigenvalue weighted by Crippen LogP contribution is 2.34. The number of amides is 2. The lowest BCUT2D eigenvalue weighted by molar-refractivity contribution is 0.0179. The molecule has 0 unspecified atom stereocenters. The summed E-state index contributed by atoms with van der Waals surface area (Å²) in [5.74, 6) is 3.44. The van der Waals surface area contributed by atoms with Crippen LogP contribution in [-0.2, 0) is 33.1 Å². The molecule has 0 spiro atoms. The van der Waals surface area contributed by atoms with E-state index in [1.807, 2.05) is 60.7 Å². The number of aromatic nitrogens is 4. The molecule has 0 radical (unpaired) electrons. The lowest BCUT2D eigenvalue weighted by Crippen LogP contribution is -2.21. The first-order chi connectivity index (χ1) is 24.6. The quantitative estimate of drug-likeness (QED) is 0.100. The summed E-state index contributed by atoms with van der Waals surface area (Å²) in [6, 6.07) is 20.2. The normalized spacial score (nSPS) is 11.4. The molecular weight excluding hydrogens is 652 g/mol. The summed E-state index contributed by atoms with van der Waals surface area (Å²) in [7, 11) is 5.05. The summed E-state index contributed by atoms with van der Waals surface area (Å²) in [4.78, 5) is 22.2. The van der Waals surface area contributed by atoms with Crippen molar-refractivity contribution in [3.05, 3.63) is 90.0 Å². The number of nitrogens with one attached hydrogen (secondary N) is 2. The average Bonchev–Trinajstić information content (AvgIpc) is 3.48. The van der Waals surface area contributed by atoms with E-state index >= 15 is 0 Å². The number of fused-ring (bicyclic) bond motifs is 1. The number of aryl methyl sites for hydroxylation is 1. The number of anilines is 2. The first-order valence-electron chi connectivity index (χ1n) is 16.7. The smallest absolute Gasteiger partial charge is 0.324 e. The Labute approximate surface area is 298 Å². The molecule has 5 aromatic rings. The number of hydrogen-bond acceptors (Lipinski definition) is 10. The number of urea groups is 1. The summed E-state index contributed by atoms with van der Waals surface area (Å²) in [6.45, 7) is 9.10.